The Kier molecular flexibility index (Phi) is 5.91. The molecular weight excluding hydrogens is 232 g/mol. The van der Waals surface area contributed by atoms with Crippen molar-refractivity contribution >= 4 is 5.78 Å². The molecule has 0 N–H and O–H groups in total. The van der Waals surface area contributed by atoms with Gasteiger partial charge in [0.25, 0.3) is 0 Å². The van der Waals surface area contributed by atoms with Crippen LogP contribution < -0.4 is 0 Å². The molecule has 0 heterocycles. The molecule has 110 valence electrons. The van der Waals surface area contributed by atoms with Crippen molar-refractivity contribution in [2.75, 3.05) is 0 Å². The van der Waals surface area contributed by atoms with Crippen LogP contribution in [-0.4, -0.2) is 5.78 Å². The molecule has 1 nitrogen and oxygen atoms in total. The van der Waals surface area contributed by atoms with Crippen molar-refractivity contribution in [2.45, 2.75) is 84.5 Å². The highest BCUT2D eigenvalue weighted by atomic mass is 16.1. The fourth-order valence-electron chi connectivity index (χ4n) is 4.52. The van der Waals surface area contributed by atoms with Crippen molar-refractivity contribution in [3.05, 3.63) is 0 Å². The van der Waals surface area contributed by atoms with E-state index in [0.717, 1.165) is 30.6 Å². The minimum atomic E-state index is 0.415. The van der Waals surface area contributed by atoms with Crippen LogP contribution in [0.5, 0.6) is 0 Å². The van der Waals surface area contributed by atoms with Gasteiger partial charge in [0, 0.05) is 12.3 Å². The molecule has 2 aliphatic carbocycles. The molecular formula is C18H32O. The molecule has 2 atom stereocenters. The lowest BCUT2D eigenvalue weighted by Gasteiger charge is -2.37. The highest BCUT2D eigenvalue weighted by Crippen LogP contribution is 2.41. The van der Waals surface area contributed by atoms with Crippen molar-refractivity contribution in [3.63, 3.8) is 0 Å². The summed E-state index contributed by atoms with van der Waals surface area (Å²) in [5.74, 6) is 3.61. The van der Waals surface area contributed by atoms with Gasteiger partial charge < -0.3 is 0 Å². The van der Waals surface area contributed by atoms with Crippen LogP contribution in [0.15, 0.2) is 0 Å². The molecule has 0 unspecified atom stereocenters. The van der Waals surface area contributed by atoms with E-state index in [-0.39, 0.29) is 0 Å². The van der Waals surface area contributed by atoms with Gasteiger partial charge in [0.05, 0.1) is 0 Å². The average molecular weight is 264 g/mol. The molecule has 19 heavy (non-hydrogen) atoms. The Morgan fingerprint density at radius 2 is 1.47 bits per heavy atom. The summed E-state index contributed by atoms with van der Waals surface area (Å²) in [7, 11) is 0. The first-order valence-corrected chi connectivity index (χ1v) is 8.77. The van der Waals surface area contributed by atoms with E-state index in [2.05, 4.69) is 13.8 Å². The van der Waals surface area contributed by atoms with Crippen LogP contribution in [0.3, 0.4) is 0 Å². The fraction of sp³-hybridized carbons (Fsp3) is 0.944. The third-order valence-corrected chi connectivity index (χ3v) is 5.70. The number of carbonyl (C=O) groups excluding carboxylic acids is 1. The number of rotatable bonds is 5. The Balaban J connectivity index is 1.77. The van der Waals surface area contributed by atoms with E-state index in [4.69, 9.17) is 0 Å². The maximum absolute atomic E-state index is 12.2. The molecule has 0 amide bonds. The number of ketones is 1. The molecule has 2 rings (SSSR count). The standard InChI is InChI=1S/C18H32O/c1-3-5-14-7-9-15(10-8-14)17-12-11-16(6-4-2)18(19)13-17/h14-17H,3-13H2,1-2H3/t14?,15?,16-,17-/m1/s1. The van der Waals surface area contributed by atoms with Crippen molar-refractivity contribution in [1.29, 1.82) is 0 Å². The van der Waals surface area contributed by atoms with Crippen molar-refractivity contribution in [2.24, 2.45) is 23.7 Å². The Morgan fingerprint density at radius 3 is 2.05 bits per heavy atom. The molecule has 0 aromatic heterocycles. The van der Waals surface area contributed by atoms with Crippen LogP contribution in [-0.2, 0) is 4.79 Å². The maximum atomic E-state index is 12.2. The molecule has 0 radical (unpaired) electrons. The van der Waals surface area contributed by atoms with Gasteiger partial charge in [-0.15, -0.1) is 0 Å². The van der Waals surface area contributed by atoms with E-state index in [1.54, 1.807) is 0 Å². The van der Waals surface area contributed by atoms with Gasteiger partial charge in [0.15, 0.2) is 0 Å². The molecule has 1 heteroatoms. The van der Waals surface area contributed by atoms with Gasteiger partial charge in [-0.1, -0.05) is 46.0 Å². The number of Topliss-reactive ketones (excluding diaryl/α,β-unsaturated/α-hetero) is 1. The van der Waals surface area contributed by atoms with Crippen LogP contribution >= 0.6 is 0 Å². The van der Waals surface area contributed by atoms with E-state index in [0.29, 0.717) is 11.7 Å². The van der Waals surface area contributed by atoms with Gasteiger partial charge in [0.2, 0.25) is 0 Å². The van der Waals surface area contributed by atoms with Gasteiger partial charge in [-0.3, -0.25) is 4.79 Å². The average Bonchev–Trinajstić information content (AvgIpc) is 2.43. The first-order chi connectivity index (χ1) is 9.24. The summed E-state index contributed by atoms with van der Waals surface area (Å²) in [4.78, 5) is 12.2. The zero-order valence-corrected chi connectivity index (χ0v) is 13.0. The lowest BCUT2D eigenvalue weighted by molar-refractivity contribution is -0.127. The summed E-state index contributed by atoms with van der Waals surface area (Å²) in [6, 6.07) is 0. The van der Waals surface area contributed by atoms with Gasteiger partial charge >= 0.3 is 0 Å². The van der Waals surface area contributed by atoms with Crippen molar-refractivity contribution < 1.29 is 4.79 Å². The second kappa shape index (κ2) is 7.45. The summed E-state index contributed by atoms with van der Waals surface area (Å²) < 4.78 is 0. The molecule has 2 aliphatic rings. The van der Waals surface area contributed by atoms with Gasteiger partial charge in [-0.25, -0.2) is 0 Å². The highest BCUT2D eigenvalue weighted by molar-refractivity contribution is 5.81. The first kappa shape index (κ1) is 15.1. The zero-order chi connectivity index (χ0) is 13.7. The smallest absolute Gasteiger partial charge is 0.136 e. The van der Waals surface area contributed by atoms with Crippen LogP contribution in [0.1, 0.15) is 84.5 Å². The molecule has 2 saturated carbocycles. The first-order valence-electron chi connectivity index (χ1n) is 8.77. The molecule has 0 bridgehead atoms. The second-order valence-corrected chi connectivity index (χ2v) is 7.06. The lowest BCUT2D eigenvalue weighted by Crippen LogP contribution is -2.31. The van der Waals surface area contributed by atoms with Gasteiger partial charge in [-0.2, -0.15) is 0 Å². The predicted octanol–water partition coefficient (Wildman–Crippen LogP) is 5.38. The van der Waals surface area contributed by atoms with E-state index in [1.807, 2.05) is 0 Å². The fourth-order valence-corrected chi connectivity index (χ4v) is 4.52. The minimum Gasteiger partial charge on any atom is -0.299 e. The number of hydrogen-bond acceptors (Lipinski definition) is 1. The molecule has 0 aromatic carbocycles. The predicted molar refractivity (Wildman–Crippen MR) is 81.1 cm³/mol. The van der Waals surface area contributed by atoms with Crippen LogP contribution in [0, 0.1) is 23.7 Å². The third-order valence-electron chi connectivity index (χ3n) is 5.70. The van der Waals surface area contributed by atoms with Crippen LogP contribution in [0.2, 0.25) is 0 Å². The summed E-state index contributed by atoms with van der Waals surface area (Å²) in [5, 5.41) is 0. The Morgan fingerprint density at radius 1 is 0.842 bits per heavy atom. The Labute approximate surface area is 119 Å². The Bertz CT molecular complexity index is 275. The minimum absolute atomic E-state index is 0.415. The zero-order valence-electron chi connectivity index (χ0n) is 13.0. The maximum Gasteiger partial charge on any atom is 0.136 e. The van der Waals surface area contributed by atoms with Crippen molar-refractivity contribution in [3.8, 4) is 0 Å². The lowest BCUT2D eigenvalue weighted by atomic mass is 9.68. The Hall–Kier alpha value is -0.330. The number of carbonyl (C=O) groups is 1. The summed E-state index contributed by atoms with van der Waals surface area (Å²) in [6.07, 6.45) is 14.2. The third kappa shape index (κ3) is 4.07. The van der Waals surface area contributed by atoms with Crippen LogP contribution in [0.4, 0.5) is 0 Å². The van der Waals surface area contributed by atoms with E-state index in [9.17, 15) is 4.79 Å². The van der Waals surface area contributed by atoms with Gasteiger partial charge in [0.1, 0.15) is 5.78 Å². The van der Waals surface area contributed by atoms with Crippen LogP contribution in [0.25, 0.3) is 0 Å². The molecule has 0 saturated heterocycles. The number of hydrogen-bond donors (Lipinski definition) is 0. The largest absolute Gasteiger partial charge is 0.299 e. The monoisotopic (exact) mass is 264 g/mol. The highest BCUT2D eigenvalue weighted by Gasteiger charge is 2.34. The van der Waals surface area contributed by atoms with E-state index < -0.39 is 0 Å². The summed E-state index contributed by atoms with van der Waals surface area (Å²) in [5.41, 5.74) is 0. The van der Waals surface area contributed by atoms with E-state index >= 15 is 0 Å². The summed E-state index contributed by atoms with van der Waals surface area (Å²) >= 11 is 0. The quantitative estimate of drug-likeness (QED) is 0.651. The topological polar surface area (TPSA) is 17.1 Å². The van der Waals surface area contributed by atoms with Gasteiger partial charge in [-0.05, 0) is 49.9 Å². The van der Waals surface area contributed by atoms with Crippen molar-refractivity contribution in [1.82, 2.24) is 0 Å². The molecule has 0 spiro atoms. The normalized spacial score (nSPS) is 36.4. The molecule has 0 aliphatic heterocycles. The summed E-state index contributed by atoms with van der Waals surface area (Å²) in [6.45, 7) is 4.51. The van der Waals surface area contributed by atoms with E-state index in [1.165, 1.54) is 57.8 Å². The second-order valence-electron chi connectivity index (χ2n) is 7.06. The molecule has 2 fully saturated rings. The molecule has 0 aromatic rings. The SMILES string of the molecule is CCCC1CCC([C@@H]2CC[C@@H](CCC)C(=O)C2)CC1.